The fourth-order valence-corrected chi connectivity index (χ4v) is 3.13. The van der Waals surface area contributed by atoms with Gasteiger partial charge in [-0.1, -0.05) is 19.9 Å². The third-order valence-corrected chi connectivity index (χ3v) is 4.79. The highest BCUT2D eigenvalue weighted by Gasteiger charge is 2.33. The number of nitrogens with zero attached hydrogens (tertiary/aromatic N) is 1. The summed E-state index contributed by atoms with van der Waals surface area (Å²) >= 11 is 0. The number of carbonyl (C=O) groups is 2. The van der Waals surface area contributed by atoms with Gasteiger partial charge in [0.05, 0.1) is 12.6 Å². The molecule has 0 radical (unpaired) electrons. The Labute approximate surface area is 154 Å². The molecule has 2 N–H and O–H groups in total. The van der Waals surface area contributed by atoms with Crippen LogP contribution in [0.1, 0.15) is 66.9 Å². The monoisotopic (exact) mass is 364 g/mol. The zero-order chi connectivity index (χ0) is 19.4. The van der Waals surface area contributed by atoms with Crippen LogP contribution in [0, 0.1) is 12.7 Å². The lowest BCUT2D eigenvalue weighted by molar-refractivity contribution is -0.123. The van der Waals surface area contributed by atoms with Crippen molar-refractivity contribution in [3.8, 4) is 0 Å². The summed E-state index contributed by atoms with van der Waals surface area (Å²) in [5, 5.41) is 12.0. The second-order valence-electron chi connectivity index (χ2n) is 6.98. The summed E-state index contributed by atoms with van der Waals surface area (Å²) in [6.45, 7) is 5.62. The first-order valence-corrected chi connectivity index (χ1v) is 9.38. The molecule has 2 aliphatic carbocycles. The fraction of sp³-hybridized carbons (Fsp3) is 0.600. The number of amides is 2. The lowest BCUT2D eigenvalue weighted by Crippen LogP contribution is -2.49. The van der Waals surface area contributed by atoms with Gasteiger partial charge in [-0.25, -0.2) is 4.39 Å². The first-order valence-electron chi connectivity index (χ1n) is 9.38. The Bertz CT molecular complexity index is 667. The first kappa shape index (κ1) is 20.4. The van der Waals surface area contributed by atoms with E-state index in [0.717, 1.165) is 12.8 Å². The van der Waals surface area contributed by atoms with Crippen molar-refractivity contribution in [1.29, 1.82) is 0 Å². The van der Waals surface area contributed by atoms with Gasteiger partial charge in [-0.3, -0.25) is 9.59 Å². The Kier molecular flexibility index (Phi) is 6.75. The summed E-state index contributed by atoms with van der Waals surface area (Å²) < 4.78 is 14.4. The van der Waals surface area contributed by atoms with Gasteiger partial charge in [0, 0.05) is 24.2 Å². The molecule has 26 heavy (non-hydrogen) atoms. The van der Waals surface area contributed by atoms with Crippen molar-refractivity contribution in [2.75, 3.05) is 13.6 Å². The number of hydrogen-bond donors (Lipinski definition) is 2. The van der Waals surface area contributed by atoms with Gasteiger partial charge in [-0.2, -0.15) is 0 Å². The Hall–Kier alpha value is -1.95. The Morgan fingerprint density at radius 3 is 2.42 bits per heavy atom. The maximum absolute atomic E-state index is 14.4. The SMILES string of the molecule is CC.Cc1ccc(C(=O)N(C)CC(=O)NC2CC(O)C2)c(C2CC2)c1F. The van der Waals surface area contributed by atoms with Crippen molar-refractivity contribution in [3.05, 3.63) is 34.6 Å². The predicted molar refractivity (Wildman–Crippen MR) is 98.6 cm³/mol. The molecule has 0 unspecified atom stereocenters. The summed E-state index contributed by atoms with van der Waals surface area (Å²) in [5.74, 6) is -0.782. The Morgan fingerprint density at radius 1 is 1.27 bits per heavy atom. The van der Waals surface area contributed by atoms with E-state index >= 15 is 0 Å². The highest BCUT2D eigenvalue weighted by molar-refractivity contribution is 5.98. The van der Waals surface area contributed by atoms with E-state index in [4.69, 9.17) is 0 Å². The molecule has 144 valence electrons. The molecule has 1 aromatic carbocycles. The number of aliphatic hydroxyl groups is 1. The molecule has 2 fully saturated rings. The van der Waals surface area contributed by atoms with E-state index in [1.165, 1.54) is 4.90 Å². The van der Waals surface area contributed by atoms with Crippen LogP contribution >= 0.6 is 0 Å². The van der Waals surface area contributed by atoms with E-state index in [0.29, 0.717) is 29.5 Å². The van der Waals surface area contributed by atoms with Crippen LogP contribution in [-0.2, 0) is 4.79 Å². The first-order chi connectivity index (χ1) is 12.4. The van der Waals surface area contributed by atoms with Gasteiger partial charge in [0.2, 0.25) is 5.91 Å². The lowest BCUT2D eigenvalue weighted by atomic mass is 9.89. The quantitative estimate of drug-likeness (QED) is 0.844. The minimum Gasteiger partial charge on any atom is -0.393 e. The number of halogens is 1. The Morgan fingerprint density at radius 2 is 1.88 bits per heavy atom. The van der Waals surface area contributed by atoms with Crippen molar-refractivity contribution >= 4 is 11.8 Å². The number of aryl methyl sites for hydroxylation is 1. The van der Waals surface area contributed by atoms with Gasteiger partial charge in [-0.15, -0.1) is 0 Å². The van der Waals surface area contributed by atoms with E-state index in [1.807, 2.05) is 13.8 Å². The summed E-state index contributed by atoms with van der Waals surface area (Å²) in [5.41, 5.74) is 1.39. The van der Waals surface area contributed by atoms with Gasteiger partial charge < -0.3 is 15.3 Å². The maximum Gasteiger partial charge on any atom is 0.254 e. The number of carbonyl (C=O) groups excluding carboxylic acids is 2. The minimum atomic E-state index is -0.341. The molecule has 0 spiro atoms. The zero-order valence-corrected chi connectivity index (χ0v) is 16.0. The van der Waals surface area contributed by atoms with Crippen molar-refractivity contribution in [2.45, 2.75) is 64.5 Å². The molecular weight excluding hydrogens is 335 g/mol. The van der Waals surface area contributed by atoms with E-state index in [1.54, 1.807) is 26.1 Å². The Balaban J connectivity index is 0.00000117. The van der Waals surface area contributed by atoms with Crippen LogP contribution in [0.15, 0.2) is 12.1 Å². The molecule has 2 amide bonds. The maximum atomic E-state index is 14.4. The minimum absolute atomic E-state index is 0.0187. The highest BCUT2D eigenvalue weighted by atomic mass is 19.1. The van der Waals surface area contributed by atoms with Gasteiger partial charge in [0.15, 0.2) is 0 Å². The van der Waals surface area contributed by atoms with Gasteiger partial charge in [0.1, 0.15) is 5.82 Å². The van der Waals surface area contributed by atoms with E-state index < -0.39 is 0 Å². The second-order valence-corrected chi connectivity index (χ2v) is 6.98. The molecule has 0 heterocycles. The summed E-state index contributed by atoms with van der Waals surface area (Å²) in [6, 6.07) is 3.25. The summed E-state index contributed by atoms with van der Waals surface area (Å²) in [7, 11) is 1.55. The van der Waals surface area contributed by atoms with Crippen molar-refractivity contribution in [1.82, 2.24) is 10.2 Å². The van der Waals surface area contributed by atoms with Crippen molar-refractivity contribution in [3.63, 3.8) is 0 Å². The van der Waals surface area contributed by atoms with Crippen LogP contribution in [0.3, 0.4) is 0 Å². The van der Waals surface area contributed by atoms with Crippen LogP contribution in [0.25, 0.3) is 0 Å². The molecule has 0 aromatic heterocycles. The third kappa shape index (κ3) is 4.61. The standard InChI is InChI=1S/C18H23FN2O3.C2H6/c1-10-3-6-14(16(17(10)19)11-4-5-11)18(24)21(2)9-15(23)20-12-7-13(22)8-12;1-2/h3,6,11-13,22H,4-5,7-9H2,1-2H3,(H,20,23);1-2H3. The number of aliphatic hydroxyl groups excluding tert-OH is 1. The van der Waals surface area contributed by atoms with Crippen LogP contribution < -0.4 is 5.32 Å². The van der Waals surface area contributed by atoms with Crippen LogP contribution in [0.4, 0.5) is 4.39 Å². The van der Waals surface area contributed by atoms with Crippen LogP contribution in [0.2, 0.25) is 0 Å². The molecule has 6 heteroatoms. The van der Waals surface area contributed by atoms with Crippen molar-refractivity contribution < 1.29 is 19.1 Å². The molecule has 1 aromatic rings. The molecule has 2 aliphatic rings. The third-order valence-electron chi connectivity index (χ3n) is 4.79. The normalized spacial score (nSPS) is 21.2. The lowest BCUT2D eigenvalue weighted by Gasteiger charge is -2.32. The predicted octanol–water partition coefficient (Wildman–Crippen LogP) is 2.75. The van der Waals surface area contributed by atoms with Crippen LogP contribution in [0.5, 0.6) is 0 Å². The molecule has 0 bridgehead atoms. The molecule has 5 nitrogen and oxygen atoms in total. The molecular formula is C20H29FN2O3. The van der Waals surface area contributed by atoms with Gasteiger partial charge in [-0.05, 0) is 50.2 Å². The smallest absolute Gasteiger partial charge is 0.254 e. The fourth-order valence-electron chi connectivity index (χ4n) is 3.13. The molecule has 0 atom stereocenters. The van der Waals surface area contributed by atoms with Gasteiger partial charge >= 0.3 is 0 Å². The number of benzene rings is 1. The molecule has 3 rings (SSSR count). The molecule has 2 saturated carbocycles. The van der Waals surface area contributed by atoms with E-state index in [2.05, 4.69) is 5.32 Å². The highest BCUT2D eigenvalue weighted by Crippen LogP contribution is 2.43. The number of hydrogen-bond acceptors (Lipinski definition) is 3. The second kappa shape index (κ2) is 8.62. The number of nitrogens with one attached hydrogen (secondary N) is 1. The zero-order valence-electron chi connectivity index (χ0n) is 16.0. The largest absolute Gasteiger partial charge is 0.393 e. The average Bonchev–Trinajstić information content (AvgIpc) is 3.41. The van der Waals surface area contributed by atoms with Crippen LogP contribution in [-0.4, -0.2) is 47.6 Å². The van der Waals surface area contributed by atoms with Gasteiger partial charge in [0.25, 0.3) is 5.91 Å². The van der Waals surface area contributed by atoms with E-state index in [-0.39, 0.29) is 42.2 Å². The number of likely N-dealkylation sites (N-methyl/N-ethyl adjacent to an activating group) is 1. The number of rotatable bonds is 5. The average molecular weight is 364 g/mol. The molecule has 0 aliphatic heterocycles. The van der Waals surface area contributed by atoms with E-state index in [9.17, 15) is 19.1 Å². The van der Waals surface area contributed by atoms with Crippen molar-refractivity contribution in [2.24, 2.45) is 0 Å². The topological polar surface area (TPSA) is 69.6 Å². The summed E-state index contributed by atoms with van der Waals surface area (Å²) in [4.78, 5) is 26.0. The summed E-state index contributed by atoms with van der Waals surface area (Å²) in [6.07, 6.45) is 2.56. The molecule has 0 saturated heterocycles.